The second kappa shape index (κ2) is 9.50. The third-order valence-electron chi connectivity index (χ3n) is 2.86. The van der Waals surface area contributed by atoms with Crippen LogP contribution in [0.2, 0.25) is 0 Å². The molecule has 0 saturated heterocycles. The van der Waals surface area contributed by atoms with Crippen LogP contribution in [0.3, 0.4) is 0 Å². The maximum atomic E-state index is 11.8. The quantitative estimate of drug-likeness (QED) is 0.625. The number of anilines is 1. The number of aromatic nitrogens is 2. The van der Waals surface area contributed by atoms with E-state index in [1.54, 1.807) is 12.3 Å². The molecule has 6 nitrogen and oxygen atoms in total. The van der Waals surface area contributed by atoms with Crippen molar-refractivity contribution in [3.05, 3.63) is 22.6 Å². The van der Waals surface area contributed by atoms with E-state index >= 15 is 0 Å². The van der Waals surface area contributed by atoms with Gasteiger partial charge < -0.3 is 15.4 Å². The molecule has 0 aromatic carbocycles. The molecule has 6 heteroatoms. The smallest absolute Gasteiger partial charge is 0.268 e. The van der Waals surface area contributed by atoms with Gasteiger partial charge in [0, 0.05) is 25.8 Å². The number of rotatable bonds is 10. The Morgan fingerprint density at radius 1 is 1.35 bits per heavy atom. The second-order valence-electron chi connectivity index (χ2n) is 5.13. The molecule has 0 amide bonds. The molecule has 0 aliphatic rings. The summed E-state index contributed by atoms with van der Waals surface area (Å²) in [6.07, 6.45) is 2.71. The maximum absolute atomic E-state index is 11.8. The highest BCUT2D eigenvalue weighted by molar-refractivity contribution is 5.38. The highest BCUT2D eigenvalue weighted by atomic mass is 16.5. The van der Waals surface area contributed by atoms with Crippen LogP contribution in [0.4, 0.5) is 5.69 Å². The van der Waals surface area contributed by atoms with Gasteiger partial charge in [0.25, 0.3) is 5.56 Å². The van der Waals surface area contributed by atoms with Gasteiger partial charge in [-0.15, -0.1) is 0 Å². The molecule has 0 radical (unpaired) electrons. The number of nitrogens with zero attached hydrogens (tertiary/aromatic N) is 2. The molecule has 0 fully saturated rings. The lowest BCUT2D eigenvalue weighted by atomic mass is 10.1. The Balaban J connectivity index is 2.34. The van der Waals surface area contributed by atoms with Crippen LogP contribution in [-0.2, 0) is 11.3 Å². The van der Waals surface area contributed by atoms with Crippen LogP contribution in [-0.4, -0.2) is 43.1 Å². The van der Waals surface area contributed by atoms with Crippen molar-refractivity contribution in [1.82, 2.24) is 15.1 Å². The summed E-state index contributed by atoms with van der Waals surface area (Å²) in [7, 11) is 1.89. The summed E-state index contributed by atoms with van der Waals surface area (Å²) in [6.45, 7) is 7.67. The first-order valence-electron chi connectivity index (χ1n) is 7.17. The van der Waals surface area contributed by atoms with Gasteiger partial charge >= 0.3 is 0 Å². The Labute approximate surface area is 120 Å². The van der Waals surface area contributed by atoms with Gasteiger partial charge in [0.15, 0.2) is 0 Å². The Hall–Kier alpha value is -1.40. The lowest BCUT2D eigenvalue weighted by Gasteiger charge is -2.09. The molecule has 0 aliphatic carbocycles. The van der Waals surface area contributed by atoms with E-state index in [1.165, 1.54) is 4.68 Å². The summed E-state index contributed by atoms with van der Waals surface area (Å²) in [5.41, 5.74) is 0.647. The van der Waals surface area contributed by atoms with E-state index in [-0.39, 0.29) is 5.56 Å². The average Bonchev–Trinajstić information content (AvgIpc) is 2.40. The van der Waals surface area contributed by atoms with Crippen molar-refractivity contribution < 1.29 is 4.74 Å². The second-order valence-corrected chi connectivity index (χ2v) is 5.13. The van der Waals surface area contributed by atoms with Gasteiger partial charge in [0.1, 0.15) is 0 Å². The fourth-order valence-corrected chi connectivity index (χ4v) is 1.60. The molecule has 1 heterocycles. The minimum atomic E-state index is -0.105. The zero-order valence-corrected chi connectivity index (χ0v) is 12.7. The van der Waals surface area contributed by atoms with Crippen molar-refractivity contribution in [2.75, 3.05) is 38.7 Å². The van der Waals surface area contributed by atoms with Crippen LogP contribution in [0.1, 0.15) is 20.3 Å². The monoisotopic (exact) mass is 282 g/mol. The molecule has 2 N–H and O–H groups in total. The minimum Gasteiger partial charge on any atom is -0.382 e. The lowest BCUT2D eigenvalue weighted by molar-refractivity contribution is 0.113. The number of ether oxygens (including phenoxy) is 1. The third kappa shape index (κ3) is 6.68. The van der Waals surface area contributed by atoms with Gasteiger partial charge in [-0.3, -0.25) is 4.79 Å². The highest BCUT2D eigenvalue weighted by Gasteiger charge is 2.00. The molecule has 1 rings (SSSR count). The zero-order chi connectivity index (χ0) is 14.8. The normalized spacial score (nSPS) is 11.0. The Kier molecular flexibility index (Phi) is 7.91. The van der Waals surface area contributed by atoms with Gasteiger partial charge in [-0.1, -0.05) is 13.8 Å². The molecule has 20 heavy (non-hydrogen) atoms. The first kappa shape index (κ1) is 16.7. The largest absolute Gasteiger partial charge is 0.382 e. The number of hydrogen-bond donors (Lipinski definition) is 2. The van der Waals surface area contributed by atoms with E-state index in [0.29, 0.717) is 19.1 Å². The molecule has 0 unspecified atom stereocenters. The minimum absolute atomic E-state index is 0.105. The predicted octanol–water partition coefficient (Wildman–Crippen LogP) is 0.937. The summed E-state index contributed by atoms with van der Waals surface area (Å²) >= 11 is 0. The molecule has 0 bridgehead atoms. The first-order chi connectivity index (χ1) is 9.63. The van der Waals surface area contributed by atoms with E-state index in [2.05, 4.69) is 29.6 Å². The van der Waals surface area contributed by atoms with Crippen LogP contribution < -0.4 is 16.2 Å². The number of likely N-dealkylation sites (N-methyl/N-ethyl adjacent to an activating group) is 1. The van der Waals surface area contributed by atoms with Crippen molar-refractivity contribution in [2.24, 2.45) is 5.92 Å². The molecular formula is C14H26N4O2. The number of nitrogens with one attached hydrogen (secondary N) is 2. The molecular weight excluding hydrogens is 256 g/mol. The lowest BCUT2D eigenvalue weighted by Crippen LogP contribution is -2.25. The van der Waals surface area contributed by atoms with Crippen LogP contribution >= 0.6 is 0 Å². The Bertz CT molecular complexity index is 431. The molecule has 0 atom stereocenters. The molecule has 0 saturated carbocycles. The van der Waals surface area contributed by atoms with Crippen molar-refractivity contribution >= 4 is 5.69 Å². The summed E-state index contributed by atoms with van der Waals surface area (Å²) in [4.78, 5) is 11.8. The van der Waals surface area contributed by atoms with Gasteiger partial charge in [-0.05, 0) is 19.4 Å². The summed E-state index contributed by atoms with van der Waals surface area (Å²) in [5, 5.41) is 10.3. The van der Waals surface area contributed by atoms with E-state index < -0.39 is 0 Å². The van der Waals surface area contributed by atoms with Crippen molar-refractivity contribution in [2.45, 2.75) is 26.8 Å². The summed E-state index contributed by atoms with van der Waals surface area (Å²) in [5.74, 6) is 0.638. The predicted molar refractivity (Wildman–Crippen MR) is 81.2 cm³/mol. The van der Waals surface area contributed by atoms with E-state index in [0.717, 1.165) is 31.8 Å². The molecule has 0 spiro atoms. The summed E-state index contributed by atoms with van der Waals surface area (Å²) in [6, 6.07) is 1.57. The van der Waals surface area contributed by atoms with Gasteiger partial charge in [0.2, 0.25) is 0 Å². The van der Waals surface area contributed by atoms with E-state index in [9.17, 15) is 4.79 Å². The molecule has 1 aromatic rings. The first-order valence-corrected chi connectivity index (χ1v) is 7.17. The maximum Gasteiger partial charge on any atom is 0.268 e. The topological polar surface area (TPSA) is 68.2 Å². The standard InChI is InChI=1S/C14H26N4O2/c1-12(2)4-8-20-9-7-18-14(19)10-13(11-17-18)16-6-5-15-3/h10-12,15-16H,4-9H2,1-3H3. The van der Waals surface area contributed by atoms with Gasteiger partial charge in [-0.25, -0.2) is 4.68 Å². The van der Waals surface area contributed by atoms with Crippen LogP contribution in [0, 0.1) is 5.92 Å². The SMILES string of the molecule is CNCCNc1cnn(CCOCCC(C)C)c(=O)c1. The highest BCUT2D eigenvalue weighted by Crippen LogP contribution is 2.00. The van der Waals surface area contributed by atoms with E-state index in [1.807, 2.05) is 7.05 Å². The van der Waals surface area contributed by atoms with Crippen molar-refractivity contribution in [3.8, 4) is 0 Å². The van der Waals surface area contributed by atoms with Gasteiger partial charge in [0.05, 0.1) is 25.0 Å². The van der Waals surface area contributed by atoms with Crippen LogP contribution in [0.5, 0.6) is 0 Å². The van der Waals surface area contributed by atoms with Gasteiger partial charge in [-0.2, -0.15) is 5.10 Å². The Morgan fingerprint density at radius 3 is 2.80 bits per heavy atom. The fraction of sp³-hybridized carbons (Fsp3) is 0.714. The molecule has 1 aromatic heterocycles. The van der Waals surface area contributed by atoms with Crippen molar-refractivity contribution in [3.63, 3.8) is 0 Å². The zero-order valence-electron chi connectivity index (χ0n) is 12.7. The average molecular weight is 282 g/mol. The van der Waals surface area contributed by atoms with E-state index in [4.69, 9.17) is 4.74 Å². The fourth-order valence-electron chi connectivity index (χ4n) is 1.60. The third-order valence-corrected chi connectivity index (χ3v) is 2.86. The Morgan fingerprint density at radius 2 is 2.15 bits per heavy atom. The molecule has 0 aliphatic heterocycles. The van der Waals surface area contributed by atoms with Crippen LogP contribution in [0.15, 0.2) is 17.1 Å². The number of hydrogen-bond acceptors (Lipinski definition) is 5. The van der Waals surface area contributed by atoms with Crippen LogP contribution in [0.25, 0.3) is 0 Å². The molecule has 114 valence electrons. The summed E-state index contributed by atoms with van der Waals surface area (Å²) < 4.78 is 6.92. The van der Waals surface area contributed by atoms with Crippen molar-refractivity contribution in [1.29, 1.82) is 0 Å².